The van der Waals surface area contributed by atoms with Gasteiger partial charge in [0.15, 0.2) is 0 Å². The zero-order chi connectivity index (χ0) is 34.8. The Labute approximate surface area is 302 Å². The second-order valence-electron chi connectivity index (χ2n) is 12.9. The van der Waals surface area contributed by atoms with Gasteiger partial charge in [0.2, 0.25) is 11.8 Å². The summed E-state index contributed by atoms with van der Waals surface area (Å²) in [6, 6.07) is 15.9. The van der Waals surface area contributed by atoms with E-state index in [1.807, 2.05) is 23.1 Å². The molecule has 3 N–H and O–H groups in total. The molecule has 13 heteroatoms. The van der Waals surface area contributed by atoms with Gasteiger partial charge in [0.25, 0.3) is 0 Å². The molecule has 0 spiro atoms. The van der Waals surface area contributed by atoms with E-state index in [0.29, 0.717) is 53.4 Å². The maximum absolute atomic E-state index is 13.1. The first-order valence-electron chi connectivity index (χ1n) is 16.8. The molecule has 4 rings (SSSR count). The highest BCUT2D eigenvalue weighted by atomic mass is 35.5. The summed E-state index contributed by atoms with van der Waals surface area (Å²) in [7, 11) is 0. The summed E-state index contributed by atoms with van der Waals surface area (Å²) in [4.78, 5) is 45.3. The largest absolute Gasteiger partial charge is 0.382 e. The molecule has 3 aromatic rings. The molecule has 11 nitrogen and oxygen atoms in total. The van der Waals surface area contributed by atoms with Crippen molar-refractivity contribution in [2.24, 2.45) is 0 Å². The number of nitrogens with two attached hydrogens (primary N) is 1. The van der Waals surface area contributed by atoms with E-state index in [1.165, 1.54) is 19.8 Å². The van der Waals surface area contributed by atoms with Crippen LogP contribution in [0.4, 0.5) is 11.5 Å². The number of thiol groups is 1. The van der Waals surface area contributed by atoms with E-state index in [-0.39, 0.29) is 35.6 Å². The average Bonchev–Trinajstić information content (AvgIpc) is 3.06. The lowest BCUT2D eigenvalue weighted by molar-refractivity contribution is -0.132. The van der Waals surface area contributed by atoms with Crippen LogP contribution >= 0.6 is 25.0 Å². The molecule has 1 aliphatic rings. The molecule has 1 saturated heterocycles. The first kappa shape index (κ1) is 39.7. The molecular formula is C36H50ClN9O2S. The second kappa shape index (κ2) is 18.9. The number of halogens is 1. The molecule has 0 saturated carbocycles. The molecular weight excluding hydrogens is 658 g/mol. The molecule has 1 unspecified atom stereocenters. The predicted octanol–water partition coefficient (Wildman–Crippen LogP) is 5.37. The summed E-state index contributed by atoms with van der Waals surface area (Å²) >= 11 is 4.78. The number of amides is 2. The molecule has 2 amide bonds. The predicted molar refractivity (Wildman–Crippen MR) is 201 cm³/mol. The Balaban J connectivity index is 0.00000650. The van der Waals surface area contributed by atoms with Crippen molar-refractivity contribution in [3.05, 3.63) is 65.2 Å². The number of anilines is 2. The summed E-state index contributed by atoms with van der Waals surface area (Å²) in [5, 5.41) is 11.9. The van der Waals surface area contributed by atoms with Crippen LogP contribution in [0.25, 0.3) is 11.3 Å². The number of hydrogen-bond donors (Lipinski definition) is 3. The lowest BCUT2D eigenvalue weighted by Crippen LogP contribution is -2.49. The van der Waals surface area contributed by atoms with Crippen LogP contribution in [-0.4, -0.2) is 92.8 Å². The van der Waals surface area contributed by atoms with Crippen molar-refractivity contribution in [3.63, 3.8) is 0 Å². The number of hydrogen-bond acceptors (Lipinski definition) is 10. The highest BCUT2D eigenvalue weighted by Gasteiger charge is 2.23. The number of nitrogens with one attached hydrogen (secondary N) is 1. The number of benzene rings is 1. The van der Waals surface area contributed by atoms with Crippen molar-refractivity contribution in [3.8, 4) is 17.3 Å². The number of nitriles is 1. The highest BCUT2D eigenvalue weighted by Crippen LogP contribution is 2.31. The highest BCUT2D eigenvalue weighted by molar-refractivity contribution is 7.80. The van der Waals surface area contributed by atoms with Crippen molar-refractivity contribution < 1.29 is 9.59 Å². The summed E-state index contributed by atoms with van der Waals surface area (Å²) in [6.07, 6.45) is 3.26. The van der Waals surface area contributed by atoms with E-state index >= 15 is 0 Å². The van der Waals surface area contributed by atoms with Crippen molar-refractivity contribution >= 4 is 48.4 Å². The van der Waals surface area contributed by atoms with Crippen LogP contribution in [0.2, 0.25) is 0 Å². The van der Waals surface area contributed by atoms with E-state index in [4.69, 9.17) is 23.3 Å². The molecule has 0 radical (unpaired) electrons. The molecule has 1 aliphatic heterocycles. The molecule has 264 valence electrons. The molecule has 2 aromatic heterocycles. The van der Waals surface area contributed by atoms with Gasteiger partial charge < -0.3 is 16.0 Å². The number of unbranched alkanes of at least 4 members (excludes halogenated alkanes) is 1. The maximum Gasteiger partial charge on any atom is 0.223 e. The molecule has 1 atom stereocenters. The molecule has 0 bridgehead atoms. The fraction of sp³-hybridized carbons (Fsp3) is 0.500. The second-order valence-corrected chi connectivity index (χ2v) is 13.4. The van der Waals surface area contributed by atoms with Crippen LogP contribution < -0.4 is 11.1 Å². The van der Waals surface area contributed by atoms with Crippen LogP contribution in [-0.2, 0) is 16.0 Å². The van der Waals surface area contributed by atoms with Crippen molar-refractivity contribution in [1.82, 2.24) is 29.7 Å². The Morgan fingerprint density at radius 3 is 2.29 bits per heavy atom. The van der Waals surface area contributed by atoms with Crippen molar-refractivity contribution in [2.75, 3.05) is 50.3 Å². The lowest BCUT2D eigenvalue weighted by Gasteiger charge is -2.35. The average molecular weight is 708 g/mol. The summed E-state index contributed by atoms with van der Waals surface area (Å²) in [5.41, 5.74) is 9.42. The minimum Gasteiger partial charge on any atom is -0.382 e. The van der Waals surface area contributed by atoms with Crippen LogP contribution in [0.1, 0.15) is 81.9 Å². The van der Waals surface area contributed by atoms with Gasteiger partial charge >= 0.3 is 0 Å². The number of nitrogen functional groups attached to an aromatic ring is 1. The van der Waals surface area contributed by atoms with Crippen molar-refractivity contribution in [1.29, 1.82) is 5.26 Å². The zero-order valence-corrected chi connectivity index (χ0v) is 30.9. The Morgan fingerprint density at radius 1 is 1.00 bits per heavy atom. The van der Waals surface area contributed by atoms with Crippen LogP contribution in [0.3, 0.4) is 0 Å². The fourth-order valence-corrected chi connectivity index (χ4v) is 6.39. The van der Waals surface area contributed by atoms with Crippen LogP contribution in [0, 0.1) is 11.3 Å². The minimum atomic E-state index is -0.611. The van der Waals surface area contributed by atoms with Gasteiger partial charge in [0.1, 0.15) is 28.5 Å². The van der Waals surface area contributed by atoms with Gasteiger partial charge in [-0.3, -0.25) is 24.4 Å². The van der Waals surface area contributed by atoms with E-state index in [9.17, 15) is 14.9 Å². The standard InChI is InChI=1S/C36H49N9O2S.ClH/c1-24(2)45(25(3)4)18-7-6-17-43-19-21-44(22-20-43)32(47)16-15-28-9-8-10-31(40-28)34(48)36-41-33(30(23-37)35(38)42-36)27-11-13-29(14-12-27)39-26(5)46;/h8-14,24-25,34,48H,6-7,15-22H2,1-5H3,(H,39,46)(H2,38,41,42);1H. The summed E-state index contributed by atoms with van der Waals surface area (Å²) in [5.74, 6) is 0.326. The number of piperazine rings is 1. The van der Waals surface area contributed by atoms with Crippen molar-refractivity contribution in [2.45, 2.75) is 77.6 Å². The first-order valence-corrected chi connectivity index (χ1v) is 17.3. The quantitative estimate of drug-likeness (QED) is 0.149. The van der Waals surface area contributed by atoms with Gasteiger partial charge in [-0.05, 0) is 84.3 Å². The number of nitrogens with zero attached hydrogens (tertiary/aromatic N) is 7. The van der Waals surface area contributed by atoms with Crippen LogP contribution in [0.5, 0.6) is 0 Å². The van der Waals surface area contributed by atoms with Gasteiger partial charge in [-0.15, -0.1) is 12.4 Å². The Hall–Kier alpha value is -3.76. The van der Waals surface area contributed by atoms with Crippen LogP contribution in [0.15, 0.2) is 42.5 Å². The van der Waals surface area contributed by atoms with E-state index in [2.05, 4.69) is 58.8 Å². The molecule has 3 heterocycles. The smallest absolute Gasteiger partial charge is 0.223 e. The fourth-order valence-electron chi connectivity index (χ4n) is 6.13. The van der Waals surface area contributed by atoms with E-state index < -0.39 is 5.25 Å². The number of carbonyl (C=O) groups is 2. The summed E-state index contributed by atoms with van der Waals surface area (Å²) < 4.78 is 0. The number of rotatable bonds is 14. The zero-order valence-electron chi connectivity index (χ0n) is 29.2. The Bertz CT molecular complexity index is 1580. The molecule has 1 fully saturated rings. The number of aromatic nitrogens is 3. The summed E-state index contributed by atoms with van der Waals surface area (Å²) in [6.45, 7) is 16.0. The third-order valence-electron chi connectivity index (χ3n) is 8.69. The van der Waals surface area contributed by atoms with E-state index in [1.54, 1.807) is 24.3 Å². The molecule has 1 aromatic carbocycles. The first-order chi connectivity index (χ1) is 23.0. The molecule has 49 heavy (non-hydrogen) atoms. The number of carbonyl (C=O) groups excluding carboxylic acids is 2. The van der Waals surface area contributed by atoms with Gasteiger partial charge in [0.05, 0.1) is 11.4 Å². The Morgan fingerprint density at radius 2 is 1.67 bits per heavy atom. The lowest BCUT2D eigenvalue weighted by atomic mass is 10.1. The monoisotopic (exact) mass is 707 g/mol. The normalized spacial score (nSPS) is 14.1. The topological polar surface area (TPSA) is 144 Å². The maximum atomic E-state index is 13.1. The minimum absolute atomic E-state index is 0. The third-order valence-corrected chi connectivity index (χ3v) is 9.18. The third kappa shape index (κ3) is 11.1. The van der Waals surface area contributed by atoms with E-state index in [0.717, 1.165) is 45.0 Å². The van der Waals surface area contributed by atoms with Gasteiger partial charge in [0, 0.05) is 68.6 Å². The van der Waals surface area contributed by atoms with Gasteiger partial charge in [-0.25, -0.2) is 9.97 Å². The Kier molecular flexibility index (Phi) is 15.3. The number of pyridine rings is 1. The SMILES string of the molecule is CC(=O)Nc1ccc(-c2nc(C(S)c3cccc(CCC(=O)N4CCN(CCCCN(C(C)C)C(C)C)CC4)n3)nc(N)c2C#N)cc1.Cl. The van der Waals surface area contributed by atoms with Gasteiger partial charge in [-0.2, -0.15) is 17.9 Å². The molecule has 0 aliphatic carbocycles. The van der Waals surface area contributed by atoms with Gasteiger partial charge in [-0.1, -0.05) is 18.2 Å². The number of aryl methyl sites for hydroxylation is 1.